The van der Waals surface area contributed by atoms with Crippen molar-refractivity contribution in [1.29, 1.82) is 0 Å². The normalized spacial score (nSPS) is 11.3. The lowest BCUT2D eigenvalue weighted by atomic mass is 10.2. The number of fused-ring (bicyclic) bond motifs is 2. The number of rotatable bonds is 0. The molecule has 0 saturated carbocycles. The lowest BCUT2D eigenvalue weighted by Gasteiger charge is -2.00. The van der Waals surface area contributed by atoms with Gasteiger partial charge in [-0.3, -0.25) is 4.79 Å². The molecule has 0 N–H and O–H groups in total. The van der Waals surface area contributed by atoms with Crippen molar-refractivity contribution in [2.45, 2.75) is 0 Å². The zero-order chi connectivity index (χ0) is 10.4. The molecule has 1 aromatic rings. The molecule has 0 unspecified atom stereocenters. The summed E-state index contributed by atoms with van der Waals surface area (Å²) in [4.78, 5) is 15.3. The third-order valence-corrected chi connectivity index (χ3v) is 3.08. The van der Waals surface area contributed by atoms with Gasteiger partial charge in [-0.05, 0) is 24.3 Å². The predicted molar refractivity (Wildman–Crippen MR) is 59.8 cm³/mol. The zero-order valence-electron chi connectivity index (χ0n) is 7.36. The fraction of sp³-hybridized carbons (Fsp3) is 0. The van der Waals surface area contributed by atoms with Crippen LogP contribution in [0.1, 0.15) is 0 Å². The maximum Gasteiger partial charge on any atom is 0.330 e. The third kappa shape index (κ3) is 1.42. The Hall–Kier alpha value is -1.39. The van der Waals surface area contributed by atoms with Crippen LogP contribution in [0.15, 0.2) is 33.5 Å². The van der Waals surface area contributed by atoms with Gasteiger partial charge in [0.15, 0.2) is 0 Å². The molecule has 15 heavy (non-hydrogen) atoms. The molecule has 2 aliphatic rings. The van der Waals surface area contributed by atoms with Crippen LogP contribution in [-0.4, -0.2) is 4.98 Å². The molecule has 0 radical (unpaired) electrons. The van der Waals surface area contributed by atoms with Crippen molar-refractivity contribution in [2.24, 2.45) is 0 Å². The molecule has 0 fully saturated rings. The summed E-state index contributed by atoms with van der Waals surface area (Å²) in [6.07, 6.45) is 0. The first-order valence-corrected chi connectivity index (χ1v) is 5.42. The number of hydrogen-bond donors (Lipinski definition) is 0. The molecule has 0 spiro atoms. The number of nitrogens with zero attached hydrogens (tertiary/aromatic N) is 1. The molecular weight excluding hydrogens is 234 g/mol. The molecule has 2 heterocycles. The summed E-state index contributed by atoms with van der Waals surface area (Å²) in [5, 5.41) is 1.52. The molecule has 5 heteroatoms. The molecule has 0 bridgehead atoms. The predicted octanol–water partition coefficient (Wildman–Crippen LogP) is 3.01. The van der Waals surface area contributed by atoms with Crippen LogP contribution in [-0.2, 0) is 0 Å². The van der Waals surface area contributed by atoms with Crippen molar-refractivity contribution in [3.05, 3.63) is 39.0 Å². The number of benzene rings is 1. The molecule has 3 rings (SSSR count). The van der Waals surface area contributed by atoms with E-state index in [1.165, 1.54) is 0 Å². The van der Waals surface area contributed by atoms with Crippen molar-refractivity contribution in [3.8, 4) is 10.8 Å². The smallest absolute Gasteiger partial charge is 0.330 e. The highest BCUT2D eigenvalue weighted by molar-refractivity contribution is 7.13. The van der Waals surface area contributed by atoms with E-state index in [4.69, 9.17) is 16.0 Å². The second-order valence-corrected chi connectivity index (χ2v) is 4.51. The van der Waals surface area contributed by atoms with Gasteiger partial charge >= 0.3 is 4.87 Å². The molecular formula is C10H4ClNO2S. The first-order chi connectivity index (χ1) is 7.22. The van der Waals surface area contributed by atoms with Crippen LogP contribution in [0.4, 0.5) is 0 Å². The molecule has 1 aromatic carbocycles. The summed E-state index contributed by atoms with van der Waals surface area (Å²) in [5.74, 6) is 0.389. The first-order valence-electron chi connectivity index (χ1n) is 4.22. The summed E-state index contributed by atoms with van der Waals surface area (Å²) in [6.45, 7) is 0. The van der Waals surface area contributed by atoms with Gasteiger partial charge in [-0.25, -0.2) is 0 Å². The summed E-state index contributed by atoms with van der Waals surface area (Å²) in [6, 6.07) is 7.16. The average molecular weight is 238 g/mol. The Labute approximate surface area is 93.3 Å². The van der Waals surface area contributed by atoms with E-state index in [-0.39, 0.29) is 4.87 Å². The van der Waals surface area contributed by atoms with E-state index in [0.29, 0.717) is 16.5 Å². The lowest BCUT2D eigenvalue weighted by molar-refractivity contribution is 0.602. The molecule has 0 amide bonds. The number of halogens is 1. The van der Waals surface area contributed by atoms with Crippen LogP contribution in [0.2, 0.25) is 5.02 Å². The van der Waals surface area contributed by atoms with E-state index in [1.807, 2.05) is 6.07 Å². The van der Waals surface area contributed by atoms with Gasteiger partial charge in [0.05, 0.1) is 4.88 Å². The molecule has 0 atom stereocenters. The highest BCUT2D eigenvalue weighted by Gasteiger charge is 2.12. The van der Waals surface area contributed by atoms with Gasteiger partial charge in [0.25, 0.3) is 0 Å². The van der Waals surface area contributed by atoms with Crippen molar-refractivity contribution in [2.75, 3.05) is 0 Å². The SMILES string of the molecule is O=c1nc2oc3ccc(Cl)cc3cc-2s1. The summed E-state index contributed by atoms with van der Waals surface area (Å²) in [7, 11) is 0. The van der Waals surface area contributed by atoms with Gasteiger partial charge in [-0.2, -0.15) is 4.98 Å². The van der Waals surface area contributed by atoms with Crippen LogP contribution in [0.25, 0.3) is 21.7 Å². The molecule has 74 valence electrons. The number of thiazole rings is 1. The van der Waals surface area contributed by atoms with E-state index in [2.05, 4.69) is 4.98 Å². The van der Waals surface area contributed by atoms with Crippen molar-refractivity contribution >= 4 is 33.9 Å². The second kappa shape index (κ2) is 3.05. The van der Waals surface area contributed by atoms with Crippen molar-refractivity contribution in [1.82, 2.24) is 4.98 Å². The minimum atomic E-state index is -0.241. The molecule has 0 aromatic heterocycles. The molecule has 0 aliphatic carbocycles. The van der Waals surface area contributed by atoms with E-state index in [9.17, 15) is 4.79 Å². The number of aromatic nitrogens is 1. The quantitative estimate of drug-likeness (QED) is 0.604. The zero-order valence-corrected chi connectivity index (χ0v) is 8.93. The van der Waals surface area contributed by atoms with Gasteiger partial charge in [-0.15, -0.1) is 0 Å². The van der Waals surface area contributed by atoms with Gasteiger partial charge in [0.2, 0.25) is 5.89 Å². The average Bonchev–Trinajstić information content (AvgIpc) is 2.53. The molecule has 0 saturated heterocycles. The minimum absolute atomic E-state index is 0.241. The standard InChI is InChI=1S/C10H4ClNO2S/c11-6-1-2-7-5(3-6)4-8-9(14-7)12-10(13)15-8/h1-4H. The minimum Gasteiger partial charge on any atom is -0.437 e. The van der Waals surface area contributed by atoms with Gasteiger partial charge in [0, 0.05) is 10.4 Å². The van der Waals surface area contributed by atoms with E-state index >= 15 is 0 Å². The van der Waals surface area contributed by atoms with Crippen LogP contribution in [0.3, 0.4) is 0 Å². The molecule has 3 nitrogen and oxygen atoms in total. The van der Waals surface area contributed by atoms with Gasteiger partial charge in [-0.1, -0.05) is 22.9 Å². The Morgan fingerprint density at radius 3 is 3.07 bits per heavy atom. The summed E-state index contributed by atoms with van der Waals surface area (Å²) >= 11 is 6.93. The largest absolute Gasteiger partial charge is 0.437 e. The fourth-order valence-corrected chi connectivity index (χ4v) is 2.29. The maximum absolute atomic E-state index is 11.1. The van der Waals surface area contributed by atoms with Crippen LogP contribution in [0, 0.1) is 0 Å². The number of hydrogen-bond acceptors (Lipinski definition) is 4. The fourth-order valence-electron chi connectivity index (χ4n) is 1.43. The third-order valence-electron chi connectivity index (χ3n) is 2.07. The van der Waals surface area contributed by atoms with Crippen LogP contribution < -0.4 is 4.87 Å². The Morgan fingerprint density at radius 2 is 2.20 bits per heavy atom. The van der Waals surface area contributed by atoms with E-state index < -0.39 is 0 Å². The highest BCUT2D eigenvalue weighted by Crippen LogP contribution is 2.29. The lowest BCUT2D eigenvalue weighted by Crippen LogP contribution is -1.90. The van der Waals surface area contributed by atoms with Gasteiger partial charge in [0.1, 0.15) is 5.58 Å². The monoisotopic (exact) mass is 237 g/mol. The van der Waals surface area contributed by atoms with Crippen molar-refractivity contribution in [3.63, 3.8) is 0 Å². The summed E-state index contributed by atoms with van der Waals surface area (Å²) in [5.41, 5.74) is 0.678. The Bertz CT molecular complexity index is 673. The topological polar surface area (TPSA) is 43.1 Å². The Morgan fingerprint density at radius 1 is 1.33 bits per heavy atom. The summed E-state index contributed by atoms with van der Waals surface area (Å²) < 4.78 is 5.46. The van der Waals surface area contributed by atoms with Crippen LogP contribution >= 0.6 is 22.9 Å². The van der Waals surface area contributed by atoms with Crippen LogP contribution in [0.5, 0.6) is 0 Å². The van der Waals surface area contributed by atoms with Gasteiger partial charge < -0.3 is 4.42 Å². The Balaban J connectivity index is 2.48. The maximum atomic E-state index is 11.1. The second-order valence-electron chi connectivity index (χ2n) is 3.08. The molecule has 2 aliphatic heterocycles. The Kier molecular flexibility index (Phi) is 1.81. The van der Waals surface area contributed by atoms with E-state index in [0.717, 1.165) is 21.6 Å². The van der Waals surface area contributed by atoms with Crippen molar-refractivity contribution < 1.29 is 4.42 Å². The first kappa shape index (κ1) is 8.88. The highest BCUT2D eigenvalue weighted by atomic mass is 35.5. The van der Waals surface area contributed by atoms with E-state index in [1.54, 1.807) is 18.2 Å².